The number of piperidine rings is 1. The lowest BCUT2D eigenvalue weighted by Gasteiger charge is -2.37. The first-order valence-corrected chi connectivity index (χ1v) is 9.55. The molecule has 0 unspecified atom stereocenters. The fourth-order valence-corrected chi connectivity index (χ4v) is 3.80. The summed E-state index contributed by atoms with van der Waals surface area (Å²) < 4.78 is 24.7. The fraction of sp³-hybridized carbons (Fsp3) is 0.929. The first-order valence-electron chi connectivity index (χ1n) is 7.70. The third kappa shape index (κ3) is 4.93. The van der Waals surface area contributed by atoms with Crippen molar-refractivity contribution in [3.05, 3.63) is 0 Å². The number of nitrogens with one attached hydrogen (secondary N) is 1. The minimum Gasteiger partial charge on any atom is -0.342 e. The van der Waals surface area contributed by atoms with Crippen LogP contribution < -0.4 is 5.32 Å². The molecule has 0 aromatic carbocycles. The molecule has 7 heteroatoms. The lowest BCUT2D eigenvalue weighted by Crippen LogP contribution is -2.55. The van der Waals surface area contributed by atoms with E-state index in [-0.39, 0.29) is 23.9 Å². The second-order valence-corrected chi connectivity index (χ2v) is 7.87. The van der Waals surface area contributed by atoms with Gasteiger partial charge in [-0.2, -0.15) is 0 Å². The molecular formula is C14H29N3O3S. The van der Waals surface area contributed by atoms with Gasteiger partial charge in [0, 0.05) is 32.2 Å². The summed E-state index contributed by atoms with van der Waals surface area (Å²) in [6.45, 7) is 10.3. The topological polar surface area (TPSA) is 69.7 Å². The van der Waals surface area contributed by atoms with E-state index >= 15 is 0 Å². The smallest absolute Gasteiger partial charge is 0.239 e. The molecule has 0 spiro atoms. The van der Waals surface area contributed by atoms with Gasteiger partial charge in [0.05, 0.1) is 12.3 Å². The number of nitrogens with zero attached hydrogens (tertiary/aromatic N) is 2. The Kier molecular flexibility index (Phi) is 6.62. The van der Waals surface area contributed by atoms with Gasteiger partial charge in [0.2, 0.25) is 15.9 Å². The fourth-order valence-electron chi connectivity index (χ4n) is 2.86. The van der Waals surface area contributed by atoms with Crippen LogP contribution in [0.15, 0.2) is 0 Å². The van der Waals surface area contributed by atoms with Crippen LogP contribution in [-0.4, -0.2) is 68.0 Å². The zero-order valence-corrected chi connectivity index (χ0v) is 14.6. The SMILES string of the molecule is CCN(CC)C(=O)[C@H](C)N[C@@H]1CCN(S(C)(=O)=O)C[C@@H]1C. The van der Waals surface area contributed by atoms with Crippen LogP contribution in [-0.2, 0) is 14.8 Å². The van der Waals surface area contributed by atoms with Crippen LogP contribution in [0, 0.1) is 5.92 Å². The van der Waals surface area contributed by atoms with Gasteiger partial charge in [0.1, 0.15) is 0 Å². The highest BCUT2D eigenvalue weighted by Crippen LogP contribution is 2.19. The van der Waals surface area contributed by atoms with Crippen molar-refractivity contribution in [1.82, 2.24) is 14.5 Å². The number of amides is 1. The van der Waals surface area contributed by atoms with E-state index < -0.39 is 10.0 Å². The molecular weight excluding hydrogens is 290 g/mol. The van der Waals surface area contributed by atoms with Crippen molar-refractivity contribution < 1.29 is 13.2 Å². The minimum atomic E-state index is -3.12. The highest BCUT2D eigenvalue weighted by atomic mass is 32.2. The van der Waals surface area contributed by atoms with Crippen LogP contribution in [0.3, 0.4) is 0 Å². The van der Waals surface area contributed by atoms with E-state index in [0.717, 1.165) is 6.42 Å². The molecule has 0 aromatic heterocycles. The van der Waals surface area contributed by atoms with Gasteiger partial charge in [-0.1, -0.05) is 6.92 Å². The quantitative estimate of drug-likeness (QED) is 0.774. The molecule has 1 saturated heterocycles. The zero-order valence-electron chi connectivity index (χ0n) is 13.8. The van der Waals surface area contributed by atoms with E-state index in [1.807, 2.05) is 32.6 Å². The Morgan fingerprint density at radius 3 is 2.38 bits per heavy atom. The lowest BCUT2D eigenvalue weighted by molar-refractivity contribution is -0.133. The average molecular weight is 319 g/mol. The molecule has 3 atom stereocenters. The van der Waals surface area contributed by atoms with E-state index in [2.05, 4.69) is 5.32 Å². The molecule has 21 heavy (non-hydrogen) atoms. The summed E-state index contributed by atoms with van der Waals surface area (Å²) in [6, 6.07) is -0.0559. The molecule has 1 fully saturated rings. The molecule has 0 aliphatic carbocycles. The number of rotatable bonds is 6. The normalized spacial score (nSPS) is 25.6. The number of carbonyl (C=O) groups is 1. The maximum absolute atomic E-state index is 12.3. The molecule has 0 aromatic rings. The highest BCUT2D eigenvalue weighted by Gasteiger charge is 2.32. The predicted molar refractivity (Wildman–Crippen MR) is 84.5 cm³/mol. The van der Waals surface area contributed by atoms with Crippen molar-refractivity contribution in [3.8, 4) is 0 Å². The van der Waals surface area contributed by atoms with Crippen LogP contribution in [0.25, 0.3) is 0 Å². The number of likely N-dealkylation sites (N-methyl/N-ethyl adjacent to an activating group) is 1. The molecule has 1 amide bonds. The molecule has 1 rings (SSSR count). The van der Waals surface area contributed by atoms with Gasteiger partial charge in [-0.25, -0.2) is 12.7 Å². The van der Waals surface area contributed by atoms with Crippen molar-refractivity contribution in [2.24, 2.45) is 5.92 Å². The van der Waals surface area contributed by atoms with E-state index in [9.17, 15) is 13.2 Å². The van der Waals surface area contributed by atoms with Crippen LogP contribution in [0.1, 0.15) is 34.1 Å². The molecule has 6 nitrogen and oxygen atoms in total. The standard InChI is InChI=1S/C14H29N3O3S/c1-6-16(7-2)14(18)12(4)15-13-8-9-17(10-11(13)3)21(5,19)20/h11-13,15H,6-10H2,1-5H3/t11-,12-,13+/m0/s1. The number of sulfonamides is 1. The Labute approximate surface area is 128 Å². The van der Waals surface area contributed by atoms with E-state index in [1.165, 1.54) is 10.6 Å². The molecule has 124 valence electrons. The predicted octanol–water partition coefficient (Wildman–Crippen LogP) is 0.503. The van der Waals surface area contributed by atoms with E-state index in [0.29, 0.717) is 26.2 Å². The van der Waals surface area contributed by atoms with Gasteiger partial charge in [0.25, 0.3) is 0 Å². The van der Waals surface area contributed by atoms with E-state index in [4.69, 9.17) is 0 Å². The van der Waals surface area contributed by atoms with Crippen LogP contribution >= 0.6 is 0 Å². The Morgan fingerprint density at radius 2 is 1.95 bits per heavy atom. The number of hydrogen-bond acceptors (Lipinski definition) is 4. The molecule has 1 aliphatic rings. The van der Waals surface area contributed by atoms with Crippen molar-refractivity contribution in [2.45, 2.75) is 46.2 Å². The first kappa shape index (κ1) is 18.4. The zero-order chi connectivity index (χ0) is 16.2. The van der Waals surface area contributed by atoms with Gasteiger partial charge in [0.15, 0.2) is 0 Å². The minimum absolute atomic E-state index is 0.109. The number of carbonyl (C=O) groups excluding carboxylic acids is 1. The molecule has 0 saturated carbocycles. The monoisotopic (exact) mass is 319 g/mol. The maximum atomic E-state index is 12.3. The average Bonchev–Trinajstić information content (AvgIpc) is 2.41. The maximum Gasteiger partial charge on any atom is 0.239 e. The third-order valence-corrected chi connectivity index (χ3v) is 5.52. The van der Waals surface area contributed by atoms with Crippen molar-refractivity contribution in [1.29, 1.82) is 0 Å². The van der Waals surface area contributed by atoms with E-state index in [1.54, 1.807) is 0 Å². The van der Waals surface area contributed by atoms with Crippen LogP contribution in [0.2, 0.25) is 0 Å². The third-order valence-electron chi connectivity index (χ3n) is 4.25. The number of hydrogen-bond donors (Lipinski definition) is 1. The summed E-state index contributed by atoms with van der Waals surface area (Å²) in [5.74, 6) is 0.304. The van der Waals surface area contributed by atoms with Gasteiger partial charge in [-0.3, -0.25) is 4.79 Å². The van der Waals surface area contributed by atoms with Crippen LogP contribution in [0.5, 0.6) is 0 Å². The summed E-state index contributed by atoms with van der Waals surface area (Å²) in [4.78, 5) is 14.1. The molecule has 1 heterocycles. The summed E-state index contributed by atoms with van der Waals surface area (Å²) in [5, 5.41) is 3.38. The second kappa shape index (κ2) is 7.56. The summed E-state index contributed by atoms with van der Waals surface area (Å²) in [6.07, 6.45) is 1.99. The van der Waals surface area contributed by atoms with Gasteiger partial charge in [-0.05, 0) is 33.1 Å². The van der Waals surface area contributed by atoms with Gasteiger partial charge >= 0.3 is 0 Å². The Morgan fingerprint density at radius 1 is 1.38 bits per heavy atom. The highest BCUT2D eigenvalue weighted by molar-refractivity contribution is 7.88. The molecule has 0 radical (unpaired) electrons. The van der Waals surface area contributed by atoms with Gasteiger partial charge < -0.3 is 10.2 Å². The van der Waals surface area contributed by atoms with Crippen LogP contribution in [0.4, 0.5) is 0 Å². The van der Waals surface area contributed by atoms with Gasteiger partial charge in [-0.15, -0.1) is 0 Å². The van der Waals surface area contributed by atoms with Crippen molar-refractivity contribution in [3.63, 3.8) is 0 Å². The molecule has 0 bridgehead atoms. The summed E-state index contributed by atoms with van der Waals surface area (Å²) in [7, 11) is -3.12. The second-order valence-electron chi connectivity index (χ2n) is 5.89. The Hall–Kier alpha value is -0.660. The Bertz CT molecular complexity index is 448. The summed E-state index contributed by atoms with van der Waals surface area (Å²) >= 11 is 0. The lowest BCUT2D eigenvalue weighted by atomic mass is 9.94. The first-order chi connectivity index (χ1) is 9.70. The molecule has 1 N–H and O–H groups in total. The van der Waals surface area contributed by atoms with Crippen molar-refractivity contribution in [2.75, 3.05) is 32.4 Å². The molecule has 1 aliphatic heterocycles. The van der Waals surface area contributed by atoms with Crippen molar-refractivity contribution >= 4 is 15.9 Å². The Balaban J connectivity index is 2.59. The largest absolute Gasteiger partial charge is 0.342 e. The summed E-state index contributed by atoms with van der Waals surface area (Å²) in [5.41, 5.74) is 0.